The maximum Gasteiger partial charge on any atom is 0.565 e. The molecule has 1 aliphatic heterocycles. The van der Waals surface area contributed by atoms with Crippen molar-refractivity contribution >= 4 is 17.9 Å². The van der Waals surface area contributed by atoms with E-state index >= 15 is 0 Å². The first-order valence-corrected chi connectivity index (χ1v) is 6.89. The van der Waals surface area contributed by atoms with E-state index in [4.69, 9.17) is 4.74 Å². The fourth-order valence-electron chi connectivity index (χ4n) is 2.02. The summed E-state index contributed by atoms with van der Waals surface area (Å²) in [6.07, 6.45) is 4.81. The lowest BCUT2D eigenvalue weighted by Crippen LogP contribution is -2.54. The zero-order chi connectivity index (χ0) is 14.3. The van der Waals surface area contributed by atoms with Crippen LogP contribution in [0.4, 0.5) is 4.79 Å². The molecule has 6 heteroatoms. The highest BCUT2D eigenvalue weighted by Gasteiger charge is 2.58. The molecule has 1 saturated heterocycles. The van der Waals surface area contributed by atoms with Gasteiger partial charge in [0, 0.05) is 4.65 Å². The van der Waals surface area contributed by atoms with E-state index in [1.165, 1.54) is 12.8 Å². The van der Waals surface area contributed by atoms with Gasteiger partial charge in [-0.1, -0.05) is 39.0 Å². The zero-order valence-electron chi connectivity index (χ0n) is 11.4. The summed E-state index contributed by atoms with van der Waals surface area (Å²) in [5, 5.41) is 9.73. The van der Waals surface area contributed by atoms with Gasteiger partial charge in [0.2, 0.25) is 0 Å². The number of imide groups is 3. The Bertz CT molecular complexity index is 337. The van der Waals surface area contributed by atoms with Crippen LogP contribution in [0.5, 0.6) is 0 Å². The predicted molar refractivity (Wildman–Crippen MR) is 66.0 cm³/mol. The van der Waals surface area contributed by atoms with Gasteiger partial charge in [0.05, 0.1) is 19.4 Å². The number of carbonyl (C=O) groups is 3. The van der Waals surface area contributed by atoms with Gasteiger partial charge in [0.15, 0.2) is 0 Å². The van der Waals surface area contributed by atoms with Crippen LogP contribution in [0.1, 0.15) is 58.3 Å². The summed E-state index contributed by atoms with van der Waals surface area (Å²) in [4.78, 5) is 34.3. The van der Waals surface area contributed by atoms with Crippen molar-refractivity contribution in [2.45, 2.75) is 58.3 Å². The molecule has 0 bridgehead atoms. The van der Waals surface area contributed by atoms with E-state index in [1.54, 1.807) is 0 Å². The van der Waals surface area contributed by atoms with E-state index < -0.39 is 22.6 Å². The molecule has 1 rings (SSSR count). The zero-order valence-corrected chi connectivity index (χ0v) is 11.4. The van der Waals surface area contributed by atoms with Gasteiger partial charge >= 0.3 is 17.9 Å². The van der Waals surface area contributed by atoms with E-state index in [-0.39, 0.29) is 19.4 Å². The molecule has 1 N–H and O–H groups in total. The van der Waals surface area contributed by atoms with Gasteiger partial charge < -0.3 is 4.74 Å². The fourth-order valence-corrected chi connectivity index (χ4v) is 2.02. The minimum absolute atomic E-state index is 0.110. The van der Waals surface area contributed by atoms with Crippen LogP contribution in [-0.2, 0) is 14.3 Å². The van der Waals surface area contributed by atoms with E-state index in [9.17, 15) is 19.6 Å². The minimum Gasteiger partial charge on any atom is -0.417 e. The summed E-state index contributed by atoms with van der Waals surface area (Å²) < 4.78 is 3.01. The number of likely N-dealkylation sites (tertiary alicyclic amines) is 1. The van der Waals surface area contributed by atoms with Crippen molar-refractivity contribution in [3.05, 3.63) is 0 Å². The molecular weight excluding hydrogens is 250 g/mol. The molecule has 1 fully saturated rings. The molecule has 0 spiro atoms. The average Bonchev–Trinajstić information content (AvgIpc) is 2.66. The molecule has 1 aliphatic rings. The predicted octanol–water partition coefficient (Wildman–Crippen LogP) is 2.54. The Labute approximate surface area is 112 Å². The van der Waals surface area contributed by atoms with Crippen LogP contribution in [0.15, 0.2) is 0 Å². The van der Waals surface area contributed by atoms with Gasteiger partial charge in [-0.3, -0.25) is 0 Å². The Kier molecular flexibility index (Phi) is 6.11. The molecule has 3 amide bonds. The number of unbranched alkanes of at least 4 members (excludes halogenated alkanes) is 5. The van der Waals surface area contributed by atoms with Gasteiger partial charge in [0.25, 0.3) is 0 Å². The van der Waals surface area contributed by atoms with Crippen LogP contribution in [-0.4, -0.2) is 34.4 Å². The summed E-state index contributed by atoms with van der Waals surface area (Å²) >= 11 is 0. The number of nitrogens with zero attached hydrogens (tertiary/aromatic N) is 1. The average molecular weight is 272 g/mol. The Morgan fingerprint density at radius 1 is 1.11 bits per heavy atom. The highest BCUT2D eigenvalue weighted by molar-refractivity contribution is 5.99. The van der Waals surface area contributed by atoms with Crippen molar-refractivity contribution < 1.29 is 29.0 Å². The second kappa shape index (κ2) is 7.35. The molecule has 19 heavy (non-hydrogen) atoms. The van der Waals surface area contributed by atoms with Gasteiger partial charge in [-0.05, 0) is 6.42 Å². The highest BCUT2D eigenvalue weighted by atomic mass is 16.7. The van der Waals surface area contributed by atoms with Crippen LogP contribution < -0.4 is 0 Å². The van der Waals surface area contributed by atoms with Crippen LogP contribution in [0.3, 0.4) is 0 Å². The molecule has 0 aliphatic carbocycles. The number of hydrogen-bond acceptors (Lipinski definition) is 5. The second-order valence-corrected chi connectivity index (χ2v) is 4.81. The van der Waals surface area contributed by atoms with Crippen molar-refractivity contribution in [2.75, 3.05) is 6.61 Å². The van der Waals surface area contributed by atoms with Crippen LogP contribution in [0.2, 0.25) is 0 Å². The molecule has 1 heterocycles. The minimum atomic E-state index is -1.81. The molecule has 0 saturated carbocycles. The summed E-state index contributed by atoms with van der Waals surface area (Å²) in [5.41, 5.74) is 0. The van der Waals surface area contributed by atoms with Gasteiger partial charge in [-0.25, -0.2) is 9.59 Å². The number of carbonyl (C=O) groups excluding carboxylic acids is 3. The molecule has 108 valence electrons. The van der Waals surface area contributed by atoms with Crippen molar-refractivity contribution in [1.82, 2.24) is 0 Å². The monoisotopic (exact) mass is 272 g/mol. The first-order chi connectivity index (χ1) is 9.03. The molecular formula is C13H22NO5+. The third-order valence-electron chi connectivity index (χ3n) is 3.26. The summed E-state index contributed by atoms with van der Waals surface area (Å²) in [6, 6.07) is 0. The van der Waals surface area contributed by atoms with Crippen LogP contribution >= 0.6 is 0 Å². The van der Waals surface area contributed by atoms with E-state index in [0.717, 1.165) is 19.3 Å². The Hall–Kier alpha value is -1.27. The number of quaternary nitrogens is 1. The first kappa shape index (κ1) is 15.8. The molecule has 0 aromatic heterocycles. The molecule has 0 unspecified atom stereocenters. The standard InChI is InChI=1S/C13H22NO5/c1-2-3-4-5-6-7-10-19-13(17)14(18)11(15)8-9-12(14)16/h18H,2-10H2,1H3/q+1. The quantitative estimate of drug-likeness (QED) is 0.333. The van der Waals surface area contributed by atoms with E-state index in [2.05, 4.69) is 6.92 Å². The Morgan fingerprint density at radius 2 is 1.63 bits per heavy atom. The lowest BCUT2D eigenvalue weighted by Gasteiger charge is -2.15. The molecule has 0 radical (unpaired) electrons. The maximum absolute atomic E-state index is 11.6. The number of rotatable bonds is 7. The molecule has 0 atom stereocenters. The number of hydroxylamine groups is 3. The highest BCUT2D eigenvalue weighted by Crippen LogP contribution is 2.21. The summed E-state index contributed by atoms with van der Waals surface area (Å²) in [7, 11) is 0. The number of amides is 3. The largest absolute Gasteiger partial charge is 0.565 e. The SMILES string of the molecule is CCCCCCCCOC(=O)[N+]1(O)C(=O)CCC1=O. The Balaban J connectivity index is 2.24. The summed E-state index contributed by atoms with van der Waals surface area (Å²) in [5.74, 6) is -1.61. The lowest BCUT2D eigenvalue weighted by atomic mass is 10.1. The van der Waals surface area contributed by atoms with Crippen molar-refractivity contribution in [3.63, 3.8) is 0 Å². The lowest BCUT2D eigenvalue weighted by molar-refractivity contribution is -0.908. The number of ether oxygens (including phenoxy) is 1. The van der Waals surface area contributed by atoms with Crippen molar-refractivity contribution in [2.24, 2.45) is 0 Å². The maximum atomic E-state index is 11.6. The molecule has 0 aromatic carbocycles. The van der Waals surface area contributed by atoms with Crippen LogP contribution in [0.25, 0.3) is 0 Å². The number of hydrogen-bond donors (Lipinski definition) is 1. The third kappa shape index (κ3) is 3.84. The van der Waals surface area contributed by atoms with Crippen LogP contribution in [0, 0.1) is 0 Å². The van der Waals surface area contributed by atoms with Gasteiger partial charge in [-0.2, -0.15) is 10.0 Å². The van der Waals surface area contributed by atoms with Gasteiger partial charge in [0.1, 0.15) is 0 Å². The van der Waals surface area contributed by atoms with Crippen molar-refractivity contribution in [1.29, 1.82) is 0 Å². The normalized spacial score (nSPS) is 17.8. The second-order valence-electron chi connectivity index (χ2n) is 4.81. The van der Waals surface area contributed by atoms with Crippen molar-refractivity contribution in [3.8, 4) is 0 Å². The molecule has 0 aromatic rings. The van der Waals surface area contributed by atoms with E-state index in [0.29, 0.717) is 6.42 Å². The first-order valence-electron chi connectivity index (χ1n) is 6.89. The molecule has 6 nitrogen and oxygen atoms in total. The summed E-state index contributed by atoms with van der Waals surface area (Å²) in [6.45, 7) is 2.27. The smallest absolute Gasteiger partial charge is 0.417 e. The Morgan fingerprint density at radius 3 is 2.21 bits per heavy atom. The topological polar surface area (TPSA) is 80.7 Å². The van der Waals surface area contributed by atoms with E-state index in [1.807, 2.05) is 0 Å². The third-order valence-corrected chi connectivity index (χ3v) is 3.26. The van der Waals surface area contributed by atoms with Gasteiger partial charge in [-0.15, -0.1) is 0 Å². The fraction of sp³-hybridized carbons (Fsp3) is 0.769.